The van der Waals surface area contributed by atoms with Crippen molar-refractivity contribution in [3.8, 4) is 0 Å². The summed E-state index contributed by atoms with van der Waals surface area (Å²) in [7, 11) is 0. The van der Waals surface area contributed by atoms with Gasteiger partial charge in [-0.2, -0.15) is 4.98 Å². The molecule has 1 heterocycles. The van der Waals surface area contributed by atoms with E-state index in [0.29, 0.717) is 17.5 Å². The normalized spacial score (nSPS) is 10.6. The Morgan fingerprint density at radius 1 is 0.760 bits per heavy atom. The predicted octanol–water partition coefficient (Wildman–Crippen LogP) is 5.17. The van der Waals surface area contributed by atoms with Gasteiger partial charge >= 0.3 is 0 Å². The van der Waals surface area contributed by atoms with Gasteiger partial charge in [-0.3, -0.25) is 0 Å². The Morgan fingerprint density at radius 3 is 2.00 bits per heavy atom. The molecule has 128 valence electrons. The smallest absolute Gasteiger partial charge is 0.229 e. The van der Waals surface area contributed by atoms with Gasteiger partial charge in [0.15, 0.2) is 0 Å². The van der Waals surface area contributed by atoms with E-state index in [1.807, 2.05) is 32.0 Å². The van der Waals surface area contributed by atoms with E-state index in [1.54, 1.807) is 13.0 Å². The second-order valence-corrected chi connectivity index (χ2v) is 5.83. The van der Waals surface area contributed by atoms with Crippen molar-refractivity contribution in [1.29, 1.82) is 0 Å². The van der Waals surface area contributed by atoms with Gasteiger partial charge in [0.05, 0.1) is 0 Å². The first kappa shape index (κ1) is 16.8. The molecule has 4 nitrogen and oxygen atoms in total. The number of nitrogens with one attached hydrogen (secondary N) is 2. The number of aromatic nitrogens is 2. The summed E-state index contributed by atoms with van der Waals surface area (Å²) in [6.45, 7) is 5.76. The molecule has 0 aliphatic heterocycles. The zero-order chi connectivity index (χ0) is 18.0. The molecule has 0 saturated carbocycles. The van der Waals surface area contributed by atoms with E-state index >= 15 is 0 Å². The summed E-state index contributed by atoms with van der Waals surface area (Å²) >= 11 is 0. The number of aryl methyl sites for hydroxylation is 3. The second kappa shape index (κ2) is 6.84. The van der Waals surface area contributed by atoms with Crippen LogP contribution in [0.1, 0.15) is 16.8 Å². The number of benzene rings is 2. The highest BCUT2D eigenvalue weighted by molar-refractivity contribution is 5.65. The van der Waals surface area contributed by atoms with Crippen LogP contribution in [0.15, 0.2) is 42.5 Å². The molecule has 0 radical (unpaired) electrons. The zero-order valence-corrected chi connectivity index (χ0v) is 14.2. The van der Waals surface area contributed by atoms with Gasteiger partial charge in [-0.25, -0.2) is 13.8 Å². The molecule has 0 atom stereocenters. The number of para-hydroxylation sites is 2. The highest BCUT2D eigenvalue weighted by Crippen LogP contribution is 2.26. The van der Waals surface area contributed by atoms with Gasteiger partial charge < -0.3 is 10.6 Å². The molecule has 0 saturated heterocycles. The van der Waals surface area contributed by atoms with Gasteiger partial charge in [0.1, 0.15) is 23.1 Å². The van der Waals surface area contributed by atoms with Gasteiger partial charge in [0.25, 0.3) is 0 Å². The minimum atomic E-state index is -0.680. The van der Waals surface area contributed by atoms with Crippen LogP contribution in [-0.2, 0) is 0 Å². The lowest BCUT2D eigenvalue weighted by molar-refractivity contribution is 0.590. The third kappa shape index (κ3) is 3.74. The van der Waals surface area contributed by atoms with Crippen LogP contribution in [0.25, 0.3) is 0 Å². The van der Waals surface area contributed by atoms with Crippen LogP contribution in [0.2, 0.25) is 0 Å². The van der Waals surface area contributed by atoms with Crippen molar-refractivity contribution >= 4 is 23.1 Å². The fourth-order valence-electron chi connectivity index (χ4n) is 2.56. The Balaban J connectivity index is 1.93. The molecule has 3 rings (SSSR count). The number of hydrogen-bond donors (Lipinski definition) is 2. The number of nitrogens with zero attached hydrogens (tertiary/aromatic N) is 2. The Morgan fingerprint density at radius 2 is 1.36 bits per heavy atom. The summed E-state index contributed by atoms with van der Waals surface area (Å²) in [6.07, 6.45) is 0. The fourth-order valence-corrected chi connectivity index (χ4v) is 2.56. The molecule has 0 fully saturated rings. The molecule has 0 unspecified atom stereocenters. The van der Waals surface area contributed by atoms with Crippen molar-refractivity contribution in [2.45, 2.75) is 20.8 Å². The maximum atomic E-state index is 13.8. The van der Waals surface area contributed by atoms with Crippen molar-refractivity contribution in [1.82, 2.24) is 9.97 Å². The highest BCUT2D eigenvalue weighted by Gasteiger charge is 2.11. The Bertz CT molecular complexity index is 813. The molecule has 0 aliphatic carbocycles. The summed E-state index contributed by atoms with van der Waals surface area (Å²) in [4.78, 5) is 8.67. The van der Waals surface area contributed by atoms with Gasteiger partial charge in [-0.15, -0.1) is 0 Å². The van der Waals surface area contributed by atoms with Gasteiger partial charge in [0, 0.05) is 17.4 Å². The Kier molecular flexibility index (Phi) is 4.61. The van der Waals surface area contributed by atoms with Crippen LogP contribution in [-0.4, -0.2) is 9.97 Å². The van der Waals surface area contributed by atoms with E-state index in [4.69, 9.17) is 0 Å². The summed E-state index contributed by atoms with van der Waals surface area (Å²) < 4.78 is 27.7. The summed E-state index contributed by atoms with van der Waals surface area (Å²) in [5, 5.41) is 5.88. The molecule has 0 spiro atoms. The number of rotatable bonds is 4. The van der Waals surface area contributed by atoms with E-state index in [9.17, 15) is 8.78 Å². The van der Waals surface area contributed by atoms with Crippen LogP contribution >= 0.6 is 0 Å². The molecule has 2 N–H and O–H groups in total. The minimum absolute atomic E-state index is 0.237. The topological polar surface area (TPSA) is 49.8 Å². The molecular weight excluding hydrogens is 322 g/mol. The largest absolute Gasteiger partial charge is 0.335 e. The molecule has 2 aromatic carbocycles. The SMILES string of the molecule is Cc1cc(Nc2c(F)cccc2F)nc(Nc2c(C)cccc2C)n1. The van der Waals surface area contributed by atoms with Gasteiger partial charge in [0.2, 0.25) is 5.95 Å². The van der Waals surface area contributed by atoms with Crippen LogP contribution in [0, 0.1) is 32.4 Å². The molecule has 3 aromatic rings. The van der Waals surface area contributed by atoms with Crippen LogP contribution in [0.3, 0.4) is 0 Å². The molecule has 1 aromatic heterocycles. The van der Waals surface area contributed by atoms with Crippen LogP contribution in [0.5, 0.6) is 0 Å². The van der Waals surface area contributed by atoms with Crippen molar-refractivity contribution in [3.05, 3.63) is 70.9 Å². The summed E-state index contributed by atoms with van der Waals surface area (Å²) in [6, 6.07) is 11.3. The van der Waals surface area contributed by atoms with Crippen molar-refractivity contribution in [2.24, 2.45) is 0 Å². The third-order valence-electron chi connectivity index (χ3n) is 3.79. The first-order valence-electron chi connectivity index (χ1n) is 7.84. The van der Waals surface area contributed by atoms with Crippen molar-refractivity contribution < 1.29 is 8.78 Å². The van der Waals surface area contributed by atoms with E-state index < -0.39 is 11.6 Å². The van der Waals surface area contributed by atoms with Crippen molar-refractivity contribution in [3.63, 3.8) is 0 Å². The molecule has 0 bridgehead atoms. The van der Waals surface area contributed by atoms with E-state index in [-0.39, 0.29) is 5.69 Å². The average Bonchev–Trinajstić information content (AvgIpc) is 2.54. The number of hydrogen-bond acceptors (Lipinski definition) is 4. The molecule has 6 heteroatoms. The number of halogens is 2. The monoisotopic (exact) mass is 340 g/mol. The van der Waals surface area contributed by atoms with E-state index in [1.165, 1.54) is 18.2 Å². The van der Waals surface area contributed by atoms with Crippen LogP contribution in [0.4, 0.5) is 31.9 Å². The molecule has 0 amide bonds. The number of anilines is 4. The van der Waals surface area contributed by atoms with Gasteiger partial charge in [-0.1, -0.05) is 24.3 Å². The summed E-state index contributed by atoms with van der Waals surface area (Å²) in [5.41, 5.74) is 3.46. The summed E-state index contributed by atoms with van der Waals surface area (Å²) in [5.74, 6) is -0.692. The lowest BCUT2D eigenvalue weighted by atomic mass is 10.1. The highest BCUT2D eigenvalue weighted by atomic mass is 19.1. The lowest BCUT2D eigenvalue weighted by Gasteiger charge is -2.14. The zero-order valence-electron chi connectivity index (χ0n) is 14.2. The molecular formula is C19H18F2N4. The fraction of sp³-hybridized carbons (Fsp3) is 0.158. The maximum absolute atomic E-state index is 13.8. The lowest BCUT2D eigenvalue weighted by Crippen LogP contribution is -2.05. The quantitative estimate of drug-likeness (QED) is 0.688. The van der Waals surface area contributed by atoms with E-state index in [2.05, 4.69) is 20.6 Å². The maximum Gasteiger partial charge on any atom is 0.229 e. The first-order valence-corrected chi connectivity index (χ1v) is 7.84. The first-order chi connectivity index (χ1) is 11.9. The van der Waals surface area contributed by atoms with Crippen molar-refractivity contribution in [2.75, 3.05) is 10.6 Å². The Hall–Kier alpha value is -3.02. The minimum Gasteiger partial charge on any atom is -0.335 e. The van der Waals surface area contributed by atoms with Crippen LogP contribution < -0.4 is 10.6 Å². The average molecular weight is 340 g/mol. The van der Waals surface area contributed by atoms with Gasteiger partial charge in [-0.05, 0) is 44.0 Å². The second-order valence-electron chi connectivity index (χ2n) is 5.83. The predicted molar refractivity (Wildman–Crippen MR) is 95.6 cm³/mol. The third-order valence-corrected chi connectivity index (χ3v) is 3.79. The Labute approximate surface area is 145 Å². The standard InChI is InChI=1S/C19H18F2N4/c1-11-6-4-7-12(2)17(11)25-19-22-13(3)10-16(24-19)23-18-14(20)8-5-9-15(18)21/h4-10H,1-3H3,(H2,22,23,24,25). The molecule has 0 aliphatic rings. The van der Waals surface area contributed by atoms with E-state index in [0.717, 1.165) is 16.8 Å². The molecule has 25 heavy (non-hydrogen) atoms.